The van der Waals surface area contributed by atoms with Crippen molar-refractivity contribution in [2.45, 2.75) is 50.4 Å². The van der Waals surface area contributed by atoms with Crippen molar-refractivity contribution in [3.63, 3.8) is 0 Å². The van der Waals surface area contributed by atoms with Crippen LogP contribution < -0.4 is 5.32 Å². The van der Waals surface area contributed by atoms with Crippen molar-refractivity contribution in [2.75, 3.05) is 7.05 Å². The van der Waals surface area contributed by atoms with Gasteiger partial charge in [-0.25, -0.2) is 0 Å². The number of hydrogen-bond acceptors (Lipinski definition) is 3. The Morgan fingerprint density at radius 3 is 2.71 bits per heavy atom. The van der Waals surface area contributed by atoms with Gasteiger partial charge in [-0.05, 0) is 60.1 Å². The minimum absolute atomic E-state index is 0.720. The predicted octanol–water partition coefficient (Wildman–Crippen LogP) is 3.23. The van der Waals surface area contributed by atoms with Gasteiger partial charge in [0.1, 0.15) is 0 Å². The molecule has 2 fully saturated rings. The molecule has 2 aliphatic heterocycles. The van der Waals surface area contributed by atoms with Crippen LogP contribution in [0.15, 0.2) is 15.9 Å². The van der Waals surface area contributed by atoms with Crippen molar-refractivity contribution in [3.8, 4) is 0 Å². The Hall–Kier alpha value is 0.100. The number of nitrogens with one attached hydrogen (secondary N) is 1. The molecule has 2 saturated heterocycles. The highest BCUT2D eigenvalue weighted by Gasteiger charge is 2.38. The summed E-state index contributed by atoms with van der Waals surface area (Å²) in [5.74, 6) is 0. The lowest BCUT2D eigenvalue weighted by Crippen LogP contribution is -2.46. The van der Waals surface area contributed by atoms with Crippen LogP contribution in [0.25, 0.3) is 0 Å². The van der Waals surface area contributed by atoms with Crippen LogP contribution in [-0.2, 0) is 6.54 Å². The molecule has 2 aliphatic rings. The lowest BCUT2D eigenvalue weighted by Gasteiger charge is -2.36. The second-order valence-electron chi connectivity index (χ2n) is 5.29. The quantitative estimate of drug-likeness (QED) is 0.921. The van der Waals surface area contributed by atoms with E-state index in [4.69, 9.17) is 0 Å². The molecule has 2 unspecified atom stereocenters. The van der Waals surface area contributed by atoms with E-state index >= 15 is 0 Å². The Balaban J connectivity index is 1.56. The molecule has 3 heterocycles. The summed E-state index contributed by atoms with van der Waals surface area (Å²) in [6.45, 7) is 1.02. The highest BCUT2D eigenvalue weighted by molar-refractivity contribution is 9.10. The third kappa shape index (κ3) is 2.46. The van der Waals surface area contributed by atoms with Crippen LogP contribution in [-0.4, -0.2) is 30.1 Å². The fraction of sp³-hybridized carbons (Fsp3) is 0.692. The normalized spacial score (nSPS) is 33.2. The van der Waals surface area contributed by atoms with Crippen molar-refractivity contribution in [3.05, 3.63) is 20.8 Å². The van der Waals surface area contributed by atoms with Crippen molar-refractivity contribution in [2.24, 2.45) is 0 Å². The van der Waals surface area contributed by atoms with Gasteiger partial charge < -0.3 is 10.2 Å². The molecule has 1 aromatic rings. The summed E-state index contributed by atoms with van der Waals surface area (Å²) in [5, 5.41) is 5.89. The first-order valence-electron chi connectivity index (χ1n) is 6.41. The lowest BCUT2D eigenvalue weighted by molar-refractivity contribution is 0.148. The van der Waals surface area contributed by atoms with E-state index in [0.717, 1.165) is 24.7 Å². The fourth-order valence-electron chi connectivity index (χ4n) is 3.27. The molecule has 0 saturated carbocycles. The third-order valence-corrected chi connectivity index (χ3v) is 6.27. The van der Waals surface area contributed by atoms with E-state index in [1.54, 1.807) is 0 Å². The van der Waals surface area contributed by atoms with E-state index in [0.29, 0.717) is 0 Å². The maximum absolute atomic E-state index is 3.74. The van der Waals surface area contributed by atoms with Gasteiger partial charge in [-0.15, -0.1) is 11.3 Å². The summed E-state index contributed by atoms with van der Waals surface area (Å²) in [6, 6.07) is 4.52. The molecule has 0 aliphatic carbocycles. The maximum Gasteiger partial charge on any atom is 0.0327 e. The molecule has 0 radical (unpaired) electrons. The Kier molecular flexibility index (Phi) is 3.57. The SMILES string of the molecule is CN1C2CCC1CC(NCc1sccc1Br)C2. The van der Waals surface area contributed by atoms with Crippen LogP contribution in [0.1, 0.15) is 30.6 Å². The zero-order chi connectivity index (χ0) is 11.8. The standard InChI is InChI=1S/C13H19BrN2S/c1-16-10-2-3-11(16)7-9(6-10)15-8-13-12(14)4-5-17-13/h4-5,9-11,15H,2-3,6-8H2,1H3. The summed E-state index contributed by atoms with van der Waals surface area (Å²) in [5.41, 5.74) is 0. The summed E-state index contributed by atoms with van der Waals surface area (Å²) in [6.07, 6.45) is 5.47. The minimum atomic E-state index is 0.720. The van der Waals surface area contributed by atoms with Crippen molar-refractivity contribution >= 4 is 27.3 Å². The monoisotopic (exact) mass is 314 g/mol. The van der Waals surface area contributed by atoms with Gasteiger partial charge in [0.2, 0.25) is 0 Å². The van der Waals surface area contributed by atoms with Gasteiger partial charge in [0, 0.05) is 34.0 Å². The van der Waals surface area contributed by atoms with Gasteiger partial charge >= 0.3 is 0 Å². The molecular weight excluding hydrogens is 296 g/mol. The lowest BCUT2D eigenvalue weighted by atomic mass is 9.98. The van der Waals surface area contributed by atoms with Crippen LogP contribution in [0.3, 0.4) is 0 Å². The van der Waals surface area contributed by atoms with Crippen LogP contribution in [0, 0.1) is 0 Å². The number of piperidine rings is 1. The molecule has 2 atom stereocenters. The molecule has 0 spiro atoms. The van der Waals surface area contributed by atoms with E-state index in [-0.39, 0.29) is 0 Å². The van der Waals surface area contributed by atoms with Gasteiger partial charge in [-0.3, -0.25) is 0 Å². The van der Waals surface area contributed by atoms with Crippen molar-refractivity contribution < 1.29 is 0 Å². The third-order valence-electron chi connectivity index (χ3n) is 4.34. The average Bonchev–Trinajstić information content (AvgIpc) is 2.78. The topological polar surface area (TPSA) is 15.3 Å². The molecule has 4 heteroatoms. The minimum Gasteiger partial charge on any atom is -0.309 e. The Labute approximate surface area is 116 Å². The number of hydrogen-bond donors (Lipinski definition) is 1. The molecule has 0 aromatic carbocycles. The second-order valence-corrected chi connectivity index (χ2v) is 7.15. The van der Waals surface area contributed by atoms with Crippen LogP contribution in [0.4, 0.5) is 0 Å². The van der Waals surface area contributed by atoms with Crippen LogP contribution in [0.5, 0.6) is 0 Å². The van der Waals surface area contributed by atoms with Gasteiger partial charge in [0.05, 0.1) is 0 Å². The molecular formula is C13H19BrN2S. The van der Waals surface area contributed by atoms with Crippen molar-refractivity contribution in [1.82, 2.24) is 10.2 Å². The fourth-order valence-corrected chi connectivity index (χ4v) is 4.71. The Morgan fingerprint density at radius 2 is 2.12 bits per heavy atom. The first-order valence-corrected chi connectivity index (χ1v) is 8.08. The molecule has 2 nitrogen and oxygen atoms in total. The maximum atomic E-state index is 3.74. The summed E-state index contributed by atoms with van der Waals surface area (Å²) >= 11 is 5.44. The number of fused-ring (bicyclic) bond motifs is 2. The number of halogens is 1. The first kappa shape index (κ1) is 12.2. The number of thiophene rings is 1. The smallest absolute Gasteiger partial charge is 0.0327 e. The average molecular weight is 315 g/mol. The highest BCUT2D eigenvalue weighted by Crippen LogP contribution is 2.34. The van der Waals surface area contributed by atoms with E-state index in [1.165, 1.54) is 35.0 Å². The largest absolute Gasteiger partial charge is 0.309 e. The van der Waals surface area contributed by atoms with E-state index in [9.17, 15) is 0 Å². The predicted molar refractivity (Wildman–Crippen MR) is 76.5 cm³/mol. The van der Waals surface area contributed by atoms with Gasteiger partial charge in [-0.2, -0.15) is 0 Å². The zero-order valence-corrected chi connectivity index (χ0v) is 12.6. The molecule has 17 heavy (non-hydrogen) atoms. The van der Waals surface area contributed by atoms with Gasteiger partial charge in [0.25, 0.3) is 0 Å². The summed E-state index contributed by atoms with van der Waals surface area (Å²) in [7, 11) is 2.30. The van der Waals surface area contributed by atoms with E-state index in [1.807, 2.05) is 11.3 Å². The van der Waals surface area contributed by atoms with Crippen LogP contribution in [0.2, 0.25) is 0 Å². The summed E-state index contributed by atoms with van der Waals surface area (Å²) in [4.78, 5) is 4.02. The van der Waals surface area contributed by atoms with Gasteiger partial charge in [0.15, 0.2) is 0 Å². The van der Waals surface area contributed by atoms with Crippen molar-refractivity contribution in [1.29, 1.82) is 0 Å². The Bertz CT molecular complexity index is 379. The van der Waals surface area contributed by atoms with Gasteiger partial charge in [-0.1, -0.05) is 0 Å². The molecule has 0 amide bonds. The summed E-state index contributed by atoms with van der Waals surface area (Å²) < 4.78 is 1.26. The number of nitrogens with zero attached hydrogens (tertiary/aromatic N) is 1. The van der Waals surface area contributed by atoms with E-state index in [2.05, 4.69) is 44.6 Å². The molecule has 1 aromatic heterocycles. The van der Waals surface area contributed by atoms with Crippen LogP contribution >= 0.6 is 27.3 Å². The number of rotatable bonds is 3. The first-order chi connectivity index (χ1) is 8.24. The highest BCUT2D eigenvalue weighted by atomic mass is 79.9. The van der Waals surface area contributed by atoms with E-state index < -0.39 is 0 Å². The molecule has 94 valence electrons. The molecule has 1 N–H and O–H groups in total. The Morgan fingerprint density at radius 1 is 1.41 bits per heavy atom. The zero-order valence-electron chi connectivity index (χ0n) is 10.2. The second kappa shape index (κ2) is 5.00. The molecule has 3 rings (SSSR count). The molecule has 2 bridgehead atoms.